The van der Waals surface area contributed by atoms with Crippen molar-refractivity contribution in [3.8, 4) is 5.75 Å². The lowest BCUT2D eigenvalue weighted by Crippen LogP contribution is -2.05. The number of ether oxygens (including phenoxy) is 1. The topological polar surface area (TPSA) is 27.1 Å². The van der Waals surface area contributed by atoms with Crippen LogP contribution in [-0.2, 0) is 6.54 Å². The van der Waals surface area contributed by atoms with E-state index in [4.69, 9.17) is 16.3 Å². The third-order valence-electron chi connectivity index (χ3n) is 4.03. The number of benzene rings is 1. The number of imidazole rings is 1. The fraction of sp³-hybridized carbons (Fsp3) is 0.562. The van der Waals surface area contributed by atoms with Crippen LogP contribution in [0, 0.1) is 5.92 Å². The average Bonchev–Trinajstić information content (AvgIpc) is 3.19. The van der Waals surface area contributed by atoms with Crippen LogP contribution in [0.2, 0.25) is 0 Å². The summed E-state index contributed by atoms with van der Waals surface area (Å²) < 4.78 is 7.54. The van der Waals surface area contributed by atoms with Gasteiger partial charge in [-0.05, 0) is 37.8 Å². The van der Waals surface area contributed by atoms with Gasteiger partial charge in [0.2, 0.25) is 0 Å². The first-order valence-corrected chi connectivity index (χ1v) is 7.81. The van der Waals surface area contributed by atoms with E-state index in [1.54, 1.807) is 7.11 Å². The Kier molecular flexibility index (Phi) is 3.88. The van der Waals surface area contributed by atoms with Crippen molar-refractivity contribution in [2.24, 2.45) is 5.92 Å². The van der Waals surface area contributed by atoms with Crippen LogP contribution < -0.4 is 4.74 Å². The normalized spacial score (nSPS) is 16.6. The lowest BCUT2D eigenvalue weighted by Gasteiger charge is -2.10. The summed E-state index contributed by atoms with van der Waals surface area (Å²) in [6.07, 6.45) is 5.37. The third kappa shape index (κ3) is 2.78. The number of halogens is 1. The Hall–Kier alpha value is -1.22. The van der Waals surface area contributed by atoms with Crippen LogP contribution in [-0.4, -0.2) is 16.7 Å². The molecular formula is C16H21ClN2O. The molecule has 20 heavy (non-hydrogen) atoms. The predicted octanol–water partition coefficient (Wildman–Crippen LogP) is 4.53. The first kappa shape index (κ1) is 13.7. The zero-order chi connectivity index (χ0) is 14.1. The van der Waals surface area contributed by atoms with Gasteiger partial charge >= 0.3 is 0 Å². The number of aromatic nitrogens is 2. The number of hydrogen-bond donors (Lipinski definition) is 0. The second-order valence-corrected chi connectivity index (χ2v) is 6.33. The molecule has 0 spiro atoms. The van der Waals surface area contributed by atoms with Gasteiger partial charge in [-0.25, -0.2) is 4.98 Å². The van der Waals surface area contributed by atoms with Gasteiger partial charge in [0.05, 0.1) is 23.5 Å². The van der Waals surface area contributed by atoms with E-state index >= 15 is 0 Å². The van der Waals surface area contributed by atoms with Crippen LogP contribution >= 0.6 is 11.6 Å². The molecule has 0 N–H and O–H groups in total. The fourth-order valence-electron chi connectivity index (χ4n) is 2.74. The van der Waals surface area contributed by atoms with Crippen molar-refractivity contribution < 1.29 is 4.74 Å². The molecule has 1 heterocycles. The number of hydrogen-bond acceptors (Lipinski definition) is 2. The molecule has 0 aliphatic heterocycles. The molecule has 3 nitrogen and oxygen atoms in total. The van der Waals surface area contributed by atoms with Crippen molar-refractivity contribution in [3.63, 3.8) is 0 Å². The van der Waals surface area contributed by atoms with Crippen molar-refractivity contribution in [2.75, 3.05) is 7.11 Å². The van der Waals surface area contributed by atoms with E-state index in [1.807, 2.05) is 19.1 Å². The maximum atomic E-state index is 6.29. The molecule has 1 aliphatic carbocycles. The fourth-order valence-corrected chi connectivity index (χ4v) is 2.91. The molecule has 2 aromatic rings. The summed E-state index contributed by atoms with van der Waals surface area (Å²) in [5.41, 5.74) is 2.13. The second-order valence-electron chi connectivity index (χ2n) is 5.68. The quantitative estimate of drug-likeness (QED) is 0.731. The van der Waals surface area contributed by atoms with Gasteiger partial charge in [-0.1, -0.05) is 12.8 Å². The van der Waals surface area contributed by atoms with Gasteiger partial charge in [0.25, 0.3) is 0 Å². The highest BCUT2D eigenvalue weighted by molar-refractivity contribution is 6.20. The second kappa shape index (κ2) is 5.65. The van der Waals surface area contributed by atoms with Gasteiger partial charge in [-0.3, -0.25) is 0 Å². The van der Waals surface area contributed by atoms with Crippen molar-refractivity contribution in [1.29, 1.82) is 0 Å². The van der Waals surface area contributed by atoms with Crippen molar-refractivity contribution in [3.05, 3.63) is 24.0 Å². The molecule has 1 aromatic carbocycles. The molecule has 0 bridgehead atoms. The zero-order valence-corrected chi connectivity index (χ0v) is 12.9. The van der Waals surface area contributed by atoms with Crippen LogP contribution in [0.1, 0.15) is 43.8 Å². The number of aryl methyl sites for hydroxylation is 1. The lowest BCUT2D eigenvalue weighted by atomic mass is 10.2. The minimum absolute atomic E-state index is 0.0747. The summed E-state index contributed by atoms with van der Waals surface area (Å²) in [5, 5.41) is -0.0747. The monoisotopic (exact) mass is 292 g/mol. The highest BCUT2D eigenvalue weighted by Crippen LogP contribution is 2.34. The summed E-state index contributed by atoms with van der Waals surface area (Å²) in [7, 11) is 1.68. The summed E-state index contributed by atoms with van der Waals surface area (Å²) in [6.45, 7) is 2.99. The van der Waals surface area contributed by atoms with Gasteiger partial charge in [-0.15, -0.1) is 11.6 Å². The smallest absolute Gasteiger partial charge is 0.127 e. The molecule has 1 aromatic heterocycles. The largest absolute Gasteiger partial charge is 0.497 e. The number of methoxy groups -OCH3 is 1. The summed E-state index contributed by atoms with van der Waals surface area (Å²) in [5.74, 6) is 2.78. The van der Waals surface area contributed by atoms with E-state index in [1.165, 1.54) is 25.7 Å². The third-order valence-corrected chi connectivity index (χ3v) is 4.23. The Morgan fingerprint density at radius 3 is 2.90 bits per heavy atom. The van der Waals surface area contributed by atoms with E-state index in [0.717, 1.165) is 35.1 Å². The minimum atomic E-state index is -0.0747. The summed E-state index contributed by atoms with van der Waals surface area (Å²) in [4.78, 5) is 4.69. The Bertz CT molecular complexity index is 602. The average molecular weight is 293 g/mol. The van der Waals surface area contributed by atoms with Crippen LogP contribution in [0.25, 0.3) is 11.0 Å². The molecule has 1 unspecified atom stereocenters. The van der Waals surface area contributed by atoms with Crippen LogP contribution in [0.5, 0.6) is 5.75 Å². The molecule has 0 amide bonds. The predicted molar refractivity (Wildman–Crippen MR) is 82.5 cm³/mol. The molecule has 108 valence electrons. The maximum absolute atomic E-state index is 6.29. The van der Waals surface area contributed by atoms with Crippen molar-refractivity contribution in [2.45, 2.75) is 44.5 Å². The molecule has 1 atom stereocenters. The first-order valence-electron chi connectivity index (χ1n) is 7.37. The number of fused-ring (bicyclic) bond motifs is 1. The standard InChI is InChI=1S/C16H21ClN2O/c1-11(17)16-18-14-10-13(20-2)7-8-15(14)19(16)9-3-4-12-5-6-12/h7-8,10-12H,3-6,9H2,1-2H3. The van der Waals surface area contributed by atoms with Gasteiger partial charge in [0, 0.05) is 12.6 Å². The number of nitrogens with zero attached hydrogens (tertiary/aromatic N) is 2. The van der Waals surface area contributed by atoms with Gasteiger partial charge < -0.3 is 9.30 Å². The number of rotatable bonds is 6. The van der Waals surface area contributed by atoms with Crippen LogP contribution in [0.3, 0.4) is 0 Å². The molecule has 4 heteroatoms. The molecule has 0 saturated heterocycles. The Balaban J connectivity index is 1.90. The van der Waals surface area contributed by atoms with Crippen molar-refractivity contribution in [1.82, 2.24) is 9.55 Å². The highest BCUT2D eigenvalue weighted by atomic mass is 35.5. The zero-order valence-electron chi connectivity index (χ0n) is 12.1. The summed E-state index contributed by atoms with van der Waals surface area (Å²) in [6, 6.07) is 6.06. The van der Waals surface area contributed by atoms with Gasteiger partial charge in [-0.2, -0.15) is 0 Å². The van der Waals surface area contributed by atoms with E-state index in [9.17, 15) is 0 Å². The molecular weight excluding hydrogens is 272 g/mol. The molecule has 1 fully saturated rings. The summed E-state index contributed by atoms with van der Waals surface area (Å²) >= 11 is 6.29. The van der Waals surface area contributed by atoms with E-state index in [2.05, 4.69) is 15.6 Å². The maximum Gasteiger partial charge on any atom is 0.127 e. The van der Waals surface area contributed by atoms with E-state index in [-0.39, 0.29) is 5.38 Å². The lowest BCUT2D eigenvalue weighted by molar-refractivity contribution is 0.415. The molecule has 3 rings (SSSR count). The van der Waals surface area contributed by atoms with Crippen LogP contribution in [0.4, 0.5) is 0 Å². The van der Waals surface area contributed by atoms with E-state index < -0.39 is 0 Å². The first-order chi connectivity index (χ1) is 9.69. The Labute approximate surface area is 124 Å². The van der Waals surface area contributed by atoms with Crippen LogP contribution in [0.15, 0.2) is 18.2 Å². The van der Waals surface area contributed by atoms with Gasteiger partial charge in [0.1, 0.15) is 11.6 Å². The Morgan fingerprint density at radius 1 is 1.45 bits per heavy atom. The van der Waals surface area contributed by atoms with Gasteiger partial charge in [0.15, 0.2) is 0 Å². The molecule has 1 aliphatic rings. The minimum Gasteiger partial charge on any atom is -0.497 e. The Morgan fingerprint density at radius 2 is 2.25 bits per heavy atom. The SMILES string of the molecule is COc1ccc2c(c1)nc(C(C)Cl)n2CCCC1CC1. The molecule has 1 saturated carbocycles. The highest BCUT2D eigenvalue weighted by Gasteiger charge is 2.21. The molecule has 0 radical (unpaired) electrons. The van der Waals surface area contributed by atoms with E-state index in [0.29, 0.717) is 0 Å². The number of alkyl halides is 1. The van der Waals surface area contributed by atoms with Crippen molar-refractivity contribution >= 4 is 22.6 Å².